The zero-order chi connectivity index (χ0) is 32.8. The topological polar surface area (TPSA) is 150 Å². The fraction of sp³-hybridized carbons (Fsp3) is 0.167. The Balaban J connectivity index is 1.64. The first-order valence-electron chi connectivity index (χ1n) is 13.1. The second-order valence-electron chi connectivity index (χ2n) is 9.25. The minimum atomic E-state index is -4.41. The van der Waals surface area contributed by atoms with Crippen molar-refractivity contribution in [3.63, 3.8) is 0 Å². The summed E-state index contributed by atoms with van der Waals surface area (Å²) < 4.78 is 78.3. The highest BCUT2D eigenvalue weighted by molar-refractivity contribution is 7.93. The second kappa shape index (κ2) is 14.0. The molecule has 0 aliphatic rings. The Morgan fingerprint density at radius 1 is 0.711 bits per heavy atom. The van der Waals surface area contributed by atoms with E-state index in [9.17, 15) is 21.6 Å². The SMILES string of the molecule is COc1ccc(OC)c(N(CC(=O)Nc2ccc(S(=O)(=O)Nc3cccc(Cl)c3)cc2)S(=O)(=O)c2ccc(OC)c(OC)c2)c1. The largest absolute Gasteiger partial charge is 0.497 e. The molecule has 0 aromatic heterocycles. The number of carbonyl (C=O) groups excluding carboxylic acids is 1. The highest BCUT2D eigenvalue weighted by Crippen LogP contribution is 2.37. The normalized spacial score (nSPS) is 11.3. The third-order valence-electron chi connectivity index (χ3n) is 6.41. The molecule has 2 N–H and O–H groups in total. The third-order valence-corrected chi connectivity index (χ3v) is 9.80. The predicted molar refractivity (Wildman–Crippen MR) is 171 cm³/mol. The van der Waals surface area contributed by atoms with Crippen molar-refractivity contribution in [2.75, 3.05) is 49.3 Å². The van der Waals surface area contributed by atoms with E-state index in [0.717, 1.165) is 4.31 Å². The number of anilines is 3. The molecule has 0 aliphatic heterocycles. The molecule has 12 nitrogen and oxygen atoms in total. The molecule has 4 aromatic carbocycles. The summed E-state index contributed by atoms with van der Waals surface area (Å²) in [6.45, 7) is -0.684. The average molecular weight is 676 g/mol. The van der Waals surface area contributed by atoms with E-state index in [-0.39, 0.29) is 38.4 Å². The molecule has 0 aliphatic carbocycles. The Morgan fingerprint density at radius 3 is 1.98 bits per heavy atom. The van der Waals surface area contributed by atoms with Crippen LogP contribution in [0.4, 0.5) is 17.1 Å². The molecule has 0 fully saturated rings. The molecule has 0 unspecified atom stereocenters. The molecule has 0 spiro atoms. The molecule has 0 bridgehead atoms. The first-order chi connectivity index (χ1) is 21.4. The number of sulfonamides is 2. The number of carbonyl (C=O) groups is 1. The summed E-state index contributed by atoms with van der Waals surface area (Å²) in [6, 6.07) is 20.2. The maximum Gasteiger partial charge on any atom is 0.265 e. The van der Waals surface area contributed by atoms with Crippen molar-refractivity contribution in [3.8, 4) is 23.0 Å². The van der Waals surface area contributed by atoms with Crippen molar-refractivity contribution in [2.24, 2.45) is 0 Å². The van der Waals surface area contributed by atoms with Crippen molar-refractivity contribution in [1.82, 2.24) is 0 Å². The van der Waals surface area contributed by atoms with Gasteiger partial charge < -0.3 is 24.3 Å². The van der Waals surface area contributed by atoms with Gasteiger partial charge in [-0.25, -0.2) is 16.8 Å². The van der Waals surface area contributed by atoms with Gasteiger partial charge in [0.2, 0.25) is 5.91 Å². The monoisotopic (exact) mass is 675 g/mol. The quantitative estimate of drug-likeness (QED) is 0.199. The van der Waals surface area contributed by atoms with E-state index >= 15 is 0 Å². The summed E-state index contributed by atoms with van der Waals surface area (Å²) in [7, 11) is -2.80. The lowest BCUT2D eigenvalue weighted by Crippen LogP contribution is -2.38. The van der Waals surface area contributed by atoms with Crippen LogP contribution < -0.4 is 33.3 Å². The molecule has 0 atom stereocenters. The average Bonchev–Trinajstić information content (AvgIpc) is 3.02. The summed E-state index contributed by atoms with van der Waals surface area (Å²) in [5.74, 6) is 0.237. The van der Waals surface area contributed by atoms with Gasteiger partial charge in [-0.3, -0.25) is 13.8 Å². The van der Waals surface area contributed by atoms with E-state index in [4.69, 9.17) is 30.5 Å². The van der Waals surface area contributed by atoms with Crippen molar-refractivity contribution in [2.45, 2.75) is 9.79 Å². The van der Waals surface area contributed by atoms with Crippen LogP contribution in [0.5, 0.6) is 23.0 Å². The molecule has 238 valence electrons. The number of nitrogens with zero attached hydrogens (tertiary/aromatic N) is 1. The van der Waals surface area contributed by atoms with Gasteiger partial charge in [0.1, 0.15) is 18.0 Å². The summed E-state index contributed by atoms with van der Waals surface area (Å²) in [4.78, 5) is 13.1. The lowest BCUT2D eigenvalue weighted by atomic mass is 10.2. The van der Waals surface area contributed by atoms with Crippen LogP contribution in [0, 0.1) is 0 Å². The van der Waals surface area contributed by atoms with Crippen molar-refractivity contribution >= 4 is 54.6 Å². The van der Waals surface area contributed by atoms with Crippen LogP contribution in [0.15, 0.2) is 94.7 Å². The number of ether oxygens (including phenoxy) is 4. The highest BCUT2D eigenvalue weighted by Gasteiger charge is 2.31. The zero-order valence-electron chi connectivity index (χ0n) is 24.6. The van der Waals surface area contributed by atoms with Gasteiger partial charge in [0.25, 0.3) is 20.0 Å². The van der Waals surface area contributed by atoms with Crippen LogP contribution in [0.1, 0.15) is 0 Å². The number of methoxy groups -OCH3 is 4. The van der Waals surface area contributed by atoms with Gasteiger partial charge in [0, 0.05) is 22.8 Å². The van der Waals surface area contributed by atoms with E-state index in [2.05, 4.69) is 10.0 Å². The van der Waals surface area contributed by atoms with E-state index in [1.165, 1.54) is 89.1 Å². The molecule has 45 heavy (non-hydrogen) atoms. The number of hydrogen-bond acceptors (Lipinski definition) is 9. The molecule has 1 amide bonds. The van der Waals surface area contributed by atoms with Gasteiger partial charge in [-0.1, -0.05) is 17.7 Å². The Morgan fingerprint density at radius 2 is 1.36 bits per heavy atom. The lowest BCUT2D eigenvalue weighted by Gasteiger charge is -2.26. The molecule has 4 aromatic rings. The van der Waals surface area contributed by atoms with Gasteiger partial charge in [-0.05, 0) is 66.7 Å². The van der Waals surface area contributed by atoms with Crippen molar-refractivity contribution < 1.29 is 40.6 Å². The maximum absolute atomic E-state index is 14.1. The Labute approximate surface area is 266 Å². The standard InChI is InChI=1S/C30H30ClN3O9S2/c1-40-23-10-14-27(41-2)26(17-23)34(45(38,39)25-13-15-28(42-3)29(18-25)43-4)19-30(35)32-21-8-11-24(12-9-21)44(36,37)33-22-7-5-6-20(31)16-22/h5-18,33H,19H2,1-4H3,(H,32,35). The first kappa shape index (κ1) is 33.2. The number of halogens is 1. The van der Waals surface area contributed by atoms with E-state index in [1.807, 2.05) is 0 Å². The van der Waals surface area contributed by atoms with Gasteiger partial charge in [0.15, 0.2) is 11.5 Å². The van der Waals surface area contributed by atoms with Crippen LogP contribution in [0.2, 0.25) is 5.02 Å². The van der Waals surface area contributed by atoms with Gasteiger partial charge in [-0.15, -0.1) is 0 Å². The van der Waals surface area contributed by atoms with Crippen LogP contribution in [0.3, 0.4) is 0 Å². The number of amides is 1. The van der Waals surface area contributed by atoms with Crippen LogP contribution in [-0.2, 0) is 24.8 Å². The van der Waals surface area contributed by atoms with Gasteiger partial charge in [0.05, 0.1) is 49.6 Å². The predicted octanol–water partition coefficient (Wildman–Crippen LogP) is 5.01. The van der Waals surface area contributed by atoms with E-state index in [0.29, 0.717) is 16.5 Å². The highest BCUT2D eigenvalue weighted by atomic mass is 35.5. The smallest absolute Gasteiger partial charge is 0.265 e. The van der Waals surface area contributed by atoms with Crippen LogP contribution in [0.25, 0.3) is 0 Å². The van der Waals surface area contributed by atoms with E-state index in [1.54, 1.807) is 24.3 Å². The van der Waals surface area contributed by atoms with Gasteiger partial charge >= 0.3 is 0 Å². The van der Waals surface area contributed by atoms with Crippen LogP contribution in [-0.4, -0.2) is 57.7 Å². The number of hydrogen-bond donors (Lipinski definition) is 2. The molecular weight excluding hydrogens is 646 g/mol. The maximum atomic E-state index is 14.1. The lowest BCUT2D eigenvalue weighted by molar-refractivity contribution is -0.114. The first-order valence-corrected chi connectivity index (χ1v) is 16.4. The van der Waals surface area contributed by atoms with Gasteiger partial charge in [-0.2, -0.15) is 0 Å². The molecule has 0 radical (unpaired) electrons. The Bertz CT molecular complexity index is 1900. The van der Waals surface area contributed by atoms with E-state index < -0.39 is 32.5 Å². The molecule has 4 rings (SSSR count). The third kappa shape index (κ3) is 7.71. The Hall–Kier alpha value is -4.66. The number of rotatable bonds is 13. The van der Waals surface area contributed by atoms with Crippen LogP contribution >= 0.6 is 11.6 Å². The zero-order valence-corrected chi connectivity index (χ0v) is 27.0. The second-order valence-corrected chi connectivity index (χ2v) is 13.2. The van der Waals surface area contributed by atoms with Crippen molar-refractivity contribution in [1.29, 1.82) is 0 Å². The minimum Gasteiger partial charge on any atom is -0.497 e. The van der Waals surface area contributed by atoms with Crippen molar-refractivity contribution in [3.05, 3.63) is 90.0 Å². The molecule has 0 saturated heterocycles. The molecule has 0 heterocycles. The fourth-order valence-electron chi connectivity index (χ4n) is 4.21. The summed E-state index contributed by atoms with van der Waals surface area (Å²) in [5, 5.41) is 2.98. The molecule has 0 saturated carbocycles. The number of nitrogens with one attached hydrogen (secondary N) is 2. The minimum absolute atomic E-state index is 0.0373. The summed E-state index contributed by atoms with van der Waals surface area (Å²) >= 11 is 5.94. The molecular formula is C30H30ClN3O9S2. The Kier molecular flexibility index (Phi) is 10.3. The fourth-order valence-corrected chi connectivity index (χ4v) is 6.89. The summed E-state index contributed by atoms with van der Waals surface area (Å²) in [5.41, 5.74) is 0.543. The number of benzene rings is 4. The summed E-state index contributed by atoms with van der Waals surface area (Å²) in [6.07, 6.45) is 0. The molecule has 15 heteroatoms.